The molecule has 6 heteroatoms. The second-order valence-electron chi connectivity index (χ2n) is 7.56. The van der Waals surface area contributed by atoms with Crippen LogP contribution in [0.5, 0.6) is 5.75 Å². The molecule has 1 atom stereocenters. The molecule has 3 aromatic carbocycles. The van der Waals surface area contributed by atoms with E-state index in [1.807, 2.05) is 29.6 Å². The molecule has 32 heavy (non-hydrogen) atoms. The fourth-order valence-corrected chi connectivity index (χ4v) is 4.65. The summed E-state index contributed by atoms with van der Waals surface area (Å²) in [5, 5.41) is 10.6. The van der Waals surface area contributed by atoms with Crippen molar-refractivity contribution >= 4 is 40.0 Å². The standard InChI is InChI=1S/C26H20N2O3S/c29-16-18-7-11-22(12-8-18)31-17-26(30)28-24(25-6-3-13-32-25)15-23(27-28)21-10-9-19-4-1-2-5-20(19)14-21/h1-14,16,24H,15,17H2. The number of fused-ring (bicyclic) bond motifs is 1. The van der Waals surface area contributed by atoms with Gasteiger partial charge in [-0.2, -0.15) is 5.10 Å². The summed E-state index contributed by atoms with van der Waals surface area (Å²) < 4.78 is 5.67. The van der Waals surface area contributed by atoms with Gasteiger partial charge in [-0.1, -0.05) is 42.5 Å². The molecule has 0 aliphatic carbocycles. The first-order valence-electron chi connectivity index (χ1n) is 10.3. The average Bonchev–Trinajstić information content (AvgIpc) is 3.53. The molecule has 0 saturated carbocycles. The number of thiophene rings is 1. The number of ether oxygens (including phenoxy) is 1. The summed E-state index contributed by atoms with van der Waals surface area (Å²) in [5.41, 5.74) is 2.47. The van der Waals surface area contributed by atoms with E-state index in [-0.39, 0.29) is 18.6 Å². The van der Waals surface area contributed by atoms with Crippen LogP contribution in [0.4, 0.5) is 0 Å². The van der Waals surface area contributed by atoms with Crippen molar-refractivity contribution < 1.29 is 14.3 Å². The normalized spacial score (nSPS) is 15.6. The van der Waals surface area contributed by atoms with Crippen molar-refractivity contribution in [3.63, 3.8) is 0 Å². The zero-order valence-corrected chi connectivity index (χ0v) is 18.0. The van der Waals surface area contributed by atoms with Crippen LogP contribution >= 0.6 is 11.3 Å². The van der Waals surface area contributed by atoms with Gasteiger partial charge in [0.15, 0.2) is 6.61 Å². The van der Waals surface area contributed by atoms with Crippen molar-refractivity contribution in [2.75, 3.05) is 6.61 Å². The average molecular weight is 441 g/mol. The van der Waals surface area contributed by atoms with Crippen LogP contribution in [-0.2, 0) is 4.79 Å². The van der Waals surface area contributed by atoms with Gasteiger partial charge in [0.2, 0.25) is 0 Å². The number of hydrogen-bond acceptors (Lipinski definition) is 5. The highest BCUT2D eigenvalue weighted by atomic mass is 32.1. The SMILES string of the molecule is O=Cc1ccc(OCC(=O)N2N=C(c3ccc4ccccc4c3)CC2c2cccs2)cc1. The molecule has 4 aromatic rings. The number of hydrogen-bond donors (Lipinski definition) is 0. The summed E-state index contributed by atoms with van der Waals surface area (Å²) in [6, 6.07) is 25.0. The van der Waals surface area contributed by atoms with Gasteiger partial charge in [-0.05, 0) is 58.1 Å². The van der Waals surface area contributed by atoms with Gasteiger partial charge in [0.25, 0.3) is 5.91 Å². The van der Waals surface area contributed by atoms with E-state index in [1.54, 1.807) is 40.6 Å². The third kappa shape index (κ3) is 4.05. The molecule has 1 aliphatic rings. The van der Waals surface area contributed by atoms with Crippen molar-refractivity contribution in [2.24, 2.45) is 5.10 Å². The minimum absolute atomic E-state index is 0.128. The molecule has 1 aliphatic heterocycles. The van der Waals surface area contributed by atoms with Gasteiger partial charge < -0.3 is 4.74 Å². The van der Waals surface area contributed by atoms with Crippen LogP contribution in [0.25, 0.3) is 10.8 Å². The smallest absolute Gasteiger partial charge is 0.281 e. The van der Waals surface area contributed by atoms with Gasteiger partial charge in [-0.3, -0.25) is 9.59 Å². The maximum absolute atomic E-state index is 13.1. The van der Waals surface area contributed by atoms with E-state index in [0.717, 1.165) is 27.8 Å². The predicted octanol–water partition coefficient (Wildman–Crippen LogP) is 5.47. The second kappa shape index (κ2) is 8.77. The number of carbonyl (C=O) groups is 2. The Morgan fingerprint density at radius 2 is 1.84 bits per heavy atom. The first kappa shape index (κ1) is 20.2. The second-order valence-corrected chi connectivity index (χ2v) is 8.54. The number of benzene rings is 3. The van der Waals surface area contributed by atoms with Crippen molar-refractivity contribution in [2.45, 2.75) is 12.5 Å². The summed E-state index contributed by atoms with van der Waals surface area (Å²) in [5.74, 6) is 0.327. The summed E-state index contributed by atoms with van der Waals surface area (Å²) in [6.07, 6.45) is 1.42. The first-order valence-corrected chi connectivity index (χ1v) is 11.2. The predicted molar refractivity (Wildman–Crippen MR) is 126 cm³/mol. The van der Waals surface area contributed by atoms with E-state index in [2.05, 4.69) is 30.3 Å². The molecule has 0 radical (unpaired) electrons. The monoisotopic (exact) mass is 440 g/mol. The lowest BCUT2D eigenvalue weighted by molar-refractivity contribution is -0.135. The topological polar surface area (TPSA) is 59.0 Å². The van der Waals surface area contributed by atoms with E-state index in [9.17, 15) is 9.59 Å². The number of aldehydes is 1. The van der Waals surface area contributed by atoms with Gasteiger partial charge >= 0.3 is 0 Å². The molecule has 1 unspecified atom stereocenters. The zero-order chi connectivity index (χ0) is 21.9. The maximum Gasteiger partial charge on any atom is 0.281 e. The number of nitrogens with zero attached hydrogens (tertiary/aromatic N) is 2. The highest BCUT2D eigenvalue weighted by Crippen LogP contribution is 2.35. The fourth-order valence-electron chi connectivity index (χ4n) is 3.84. The van der Waals surface area contributed by atoms with Gasteiger partial charge in [-0.15, -0.1) is 11.3 Å². The molecule has 1 amide bonds. The van der Waals surface area contributed by atoms with Crippen molar-refractivity contribution in [3.05, 3.63) is 100 Å². The molecule has 0 saturated heterocycles. The van der Waals surface area contributed by atoms with Crippen molar-refractivity contribution in [3.8, 4) is 5.75 Å². The molecule has 5 rings (SSSR count). The number of carbonyl (C=O) groups excluding carboxylic acids is 2. The highest BCUT2D eigenvalue weighted by Gasteiger charge is 2.34. The van der Waals surface area contributed by atoms with Crippen LogP contribution in [0.2, 0.25) is 0 Å². The van der Waals surface area contributed by atoms with Crippen LogP contribution in [0, 0.1) is 0 Å². The molecule has 1 aromatic heterocycles. The van der Waals surface area contributed by atoms with Crippen LogP contribution < -0.4 is 4.74 Å². The molecule has 0 N–H and O–H groups in total. The van der Waals surface area contributed by atoms with Gasteiger partial charge in [0.05, 0.1) is 11.8 Å². The molecular formula is C26H20N2O3S. The Morgan fingerprint density at radius 3 is 2.59 bits per heavy atom. The van der Waals surface area contributed by atoms with E-state index < -0.39 is 0 Å². The summed E-state index contributed by atoms with van der Waals surface area (Å²) in [6.45, 7) is -0.128. The Hall–Kier alpha value is -3.77. The summed E-state index contributed by atoms with van der Waals surface area (Å²) >= 11 is 1.62. The Kier molecular flexibility index (Phi) is 5.52. The summed E-state index contributed by atoms with van der Waals surface area (Å²) in [4.78, 5) is 25.0. The Labute approximate surface area is 189 Å². The van der Waals surface area contributed by atoms with Crippen LogP contribution in [-0.4, -0.2) is 29.5 Å². The largest absolute Gasteiger partial charge is 0.484 e. The van der Waals surface area contributed by atoms with Gasteiger partial charge in [-0.25, -0.2) is 5.01 Å². The van der Waals surface area contributed by atoms with Crippen molar-refractivity contribution in [1.29, 1.82) is 0 Å². The maximum atomic E-state index is 13.1. The molecule has 2 heterocycles. The minimum Gasteiger partial charge on any atom is -0.484 e. The van der Waals surface area contributed by atoms with Crippen LogP contribution in [0.15, 0.2) is 89.3 Å². The zero-order valence-electron chi connectivity index (χ0n) is 17.2. The molecule has 0 spiro atoms. The minimum atomic E-state index is -0.210. The first-order chi connectivity index (χ1) is 15.7. The number of amides is 1. The number of hydrazone groups is 1. The highest BCUT2D eigenvalue weighted by molar-refractivity contribution is 7.10. The van der Waals surface area contributed by atoms with E-state index >= 15 is 0 Å². The molecule has 0 bridgehead atoms. The van der Waals surface area contributed by atoms with E-state index in [4.69, 9.17) is 9.84 Å². The molecule has 158 valence electrons. The quantitative estimate of drug-likeness (QED) is 0.374. The molecule has 0 fully saturated rings. The lowest BCUT2D eigenvalue weighted by Gasteiger charge is -2.20. The lowest BCUT2D eigenvalue weighted by atomic mass is 10.00. The Morgan fingerprint density at radius 1 is 1.03 bits per heavy atom. The number of rotatable bonds is 6. The fraction of sp³-hybridized carbons (Fsp3) is 0.115. The third-order valence-corrected chi connectivity index (χ3v) is 6.47. The van der Waals surface area contributed by atoms with Gasteiger partial charge in [0, 0.05) is 16.9 Å². The van der Waals surface area contributed by atoms with Crippen LogP contribution in [0.3, 0.4) is 0 Å². The molecular weight excluding hydrogens is 420 g/mol. The summed E-state index contributed by atoms with van der Waals surface area (Å²) in [7, 11) is 0. The van der Waals surface area contributed by atoms with Crippen molar-refractivity contribution in [1.82, 2.24) is 5.01 Å². The Balaban J connectivity index is 1.39. The van der Waals surface area contributed by atoms with E-state index in [1.165, 1.54) is 5.39 Å². The van der Waals surface area contributed by atoms with Crippen LogP contribution in [0.1, 0.15) is 33.3 Å². The third-order valence-electron chi connectivity index (χ3n) is 5.50. The lowest BCUT2D eigenvalue weighted by Crippen LogP contribution is -2.31. The molecule has 5 nitrogen and oxygen atoms in total. The van der Waals surface area contributed by atoms with E-state index in [0.29, 0.717) is 17.7 Å². The Bertz CT molecular complexity index is 1300. The van der Waals surface area contributed by atoms with Gasteiger partial charge in [0.1, 0.15) is 12.0 Å².